The third-order valence-electron chi connectivity index (χ3n) is 5.15. The van der Waals surface area contributed by atoms with Crippen LogP contribution in [0.2, 0.25) is 0 Å². The molecule has 1 aliphatic rings. The van der Waals surface area contributed by atoms with Gasteiger partial charge in [-0.25, -0.2) is 0 Å². The summed E-state index contributed by atoms with van der Waals surface area (Å²) in [7, 11) is 0. The molecule has 0 bridgehead atoms. The molecule has 0 fully saturated rings. The summed E-state index contributed by atoms with van der Waals surface area (Å²) in [6.45, 7) is 8.51. The maximum Gasteiger partial charge on any atom is 0.285 e. The summed E-state index contributed by atoms with van der Waals surface area (Å²) in [5.74, 6) is 0.427. The second-order valence-corrected chi connectivity index (χ2v) is 8.10. The first-order chi connectivity index (χ1) is 13.3. The van der Waals surface area contributed by atoms with Crippen molar-refractivity contribution in [3.8, 4) is 0 Å². The first-order valence-corrected chi connectivity index (χ1v) is 9.99. The number of fused-ring (bicyclic) bond motifs is 1. The largest absolute Gasteiger partial charge is 0.330 e. The van der Waals surface area contributed by atoms with E-state index >= 15 is 0 Å². The minimum absolute atomic E-state index is 0.0504. The Bertz CT molecular complexity index is 845. The van der Waals surface area contributed by atoms with Crippen LogP contribution in [0.15, 0.2) is 48.5 Å². The first kappa shape index (κ1) is 20.1. The monoisotopic (exact) mass is 380 g/mol. The maximum atomic E-state index is 13.1. The highest BCUT2D eigenvalue weighted by Crippen LogP contribution is 2.29. The smallest absolute Gasteiger partial charge is 0.285 e. The maximum absolute atomic E-state index is 13.1. The Morgan fingerprint density at radius 3 is 2.43 bits per heavy atom. The lowest BCUT2D eigenvalue weighted by molar-refractivity contribution is -0.710. The number of carbonyl (C=O) groups is 2. The van der Waals surface area contributed by atoms with E-state index in [0.29, 0.717) is 11.6 Å². The summed E-state index contributed by atoms with van der Waals surface area (Å²) in [5.41, 5.74) is 3.99. The zero-order valence-corrected chi connectivity index (χ0v) is 17.1. The predicted molar refractivity (Wildman–Crippen MR) is 112 cm³/mol. The van der Waals surface area contributed by atoms with Gasteiger partial charge >= 0.3 is 0 Å². The lowest BCUT2D eigenvalue weighted by Gasteiger charge is -2.30. The van der Waals surface area contributed by atoms with Gasteiger partial charge in [-0.1, -0.05) is 50.2 Å². The lowest BCUT2D eigenvalue weighted by atomic mass is 9.99. The first-order valence-electron chi connectivity index (χ1n) is 9.99. The van der Waals surface area contributed by atoms with E-state index in [-0.39, 0.29) is 30.4 Å². The van der Waals surface area contributed by atoms with E-state index < -0.39 is 0 Å². The quantitative estimate of drug-likeness (QED) is 0.809. The van der Waals surface area contributed by atoms with E-state index in [2.05, 4.69) is 55.7 Å². The van der Waals surface area contributed by atoms with Crippen LogP contribution in [0.5, 0.6) is 0 Å². The van der Waals surface area contributed by atoms with Crippen LogP contribution in [-0.4, -0.2) is 24.4 Å². The van der Waals surface area contributed by atoms with Crippen molar-refractivity contribution < 1.29 is 14.9 Å². The van der Waals surface area contributed by atoms with Crippen molar-refractivity contribution in [2.75, 3.05) is 16.8 Å². The van der Waals surface area contributed by atoms with Crippen molar-refractivity contribution >= 4 is 23.2 Å². The average molecular weight is 381 g/mol. The van der Waals surface area contributed by atoms with Gasteiger partial charge in [0, 0.05) is 5.56 Å². The van der Waals surface area contributed by atoms with Gasteiger partial charge in [-0.3, -0.25) is 14.5 Å². The number of benzene rings is 2. The van der Waals surface area contributed by atoms with Gasteiger partial charge < -0.3 is 10.6 Å². The van der Waals surface area contributed by atoms with Crippen molar-refractivity contribution in [1.82, 2.24) is 0 Å². The van der Waals surface area contributed by atoms with Crippen LogP contribution in [0.4, 0.5) is 11.4 Å². The number of carbonyl (C=O) groups excluding carboxylic acids is 2. The zero-order chi connectivity index (χ0) is 20.3. The van der Waals surface area contributed by atoms with Crippen LogP contribution in [-0.2, 0) is 16.0 Å². The molecule has 28 heavy (non-hydrogen) atoms. The van der Waals surface area contributed by atoms with Crippen LogP contribution >= 0.6 is 0 Å². The van der Waals surface area contributed by atoms with Gasteiger partial charge in [0.2, 0.25) is 5.91 Å². The van der Waals surface area contributed by atoms with E-state index in [1.165, 1.54) is 11.1 Å². The number of hydrogen-bond acceptors (Lipinski definition) is 2. The number of nitrogens with one attached hydrogen (secondary N) is 1. The molecule has 1 aliphatic heterocycles. The minimum atomic E-state index is -0.288. The van der Waals surface area contributed by atoms with Gasteiger partial charge in [-0.2, -0.15) is 0 Å². The van der Waals surface area contributed by atoms with Crippen molar-refractivity contribution in [1.29, 1.82) is 0 Å². The summed E-state index contributed by atoms with van der Waals surface area (Å²) in [4.78, 5) is 26.7. The SMILES string of the molecule is CC(C)Cc1ccc([C@@H](C)[NH2+][C@@H](C)C(=O)N2CC(=O)Nc3ccccc32)cc1. The van der Waals surface area contributed by atoms with E-state index in [4.69, 9.17) is 0 Å². The van der Waals surface area contributed by atoms with E-state index in [1.807, 2.05) is 31.2 Å². The van der Waals surface area contributed by atoms with Gasteiger partial charge in [0.1, 0.15) is 12.6 Å². The molecule has 0 spiro atoms. The fourth-order valence-corrected chi connectivity index (χ4v) is 3.73. The average Bonchev–Trinajstić information content (AvgIpc) is 2.66. The van der Waals surface area contributed by atoms with Gasteiger partial charge in [-0.05, 0) is 43.9 Å². The van der Waals surface area contributed by atoms with Gasteiger partial charge in [0.25, 0.3) is 5.91 Å². The topological polar surface area (TPSA) is 66.0 Å². The molecule has 2 aromatic rings. The number of rotatable bonds is 6. The Balaban J connectivity index is 1.68. The fraction of sp³-hybridized carbons (Fsp3) is 0.391. The molecule has 2 atom stereocenters. The molecule has 5 heteroatoms. The number of amides is 2. The molecule has 0 aliphatic carbocycles. The van der Waals surface area contributed by atoms with Crippen LogP contribution in [0.1, 0.15) is 44.9 Å². The van der Waals surface area contributed by atoms with Crippen LogP contribution in [0, 0.1) is 5.92 Å². The number of para-hydroxylation sites is 2. The van der Waals surface area contributed by atoms with Crippen LogP contribution in [0.25, 0.3) is 0 Å². The molecule has 5 nitrogen and oxygen atoms in total. The van der Waals surface area contributed by atoms with Crippen molar-refractivity contribution in [3.63, 3.8) is 0 Å². The second-order valence-electron chi connectivity index (χ2n) is 8.10. The summed E-state index contributed by atoms with van der Waals surface area (Å²) in [5, 5.41) is 4.89. The normalized spacial score (nSPS) is 15.8. The Morgan fingerprint density at radius 2 is 1.75 bits per heavy atom. The molecule has 3 rings (SSSR count). The molecule has 3 N–H and O–H groups in total. The zero-order valence-electron chi connectivity index (χ0n) is 17.1. The number of nitrogens with two attached hydrogens (primary N) is 1. The minimum Gasteiger partial charge on any atom is -0.330 e. The Labute approximate surface area is 167 Å². The third kappa shape index (κ3) is 4.60. The number of quaternary nitrogens is 1. The van der Waals surface area contributed by atoms with Gasteiger partial charge in [0.15, 0.2) is 6.04 Å². The van der Waals surface area contributed by atoms with Crippen LogP contribution < -0.4 is 15.5 Å². The molecule has 0 radical (unpaired) electrons. The standard InChI is InChI=1S/C23H29N3O2/c1-15(2)13-18-9-11-19(12-10-18)16(3)24-17(4)23(28)26-14-22(27)25-20-7-5-6-8-21(20)26/h5-12,15-17,24H,13-14H2,1-4H3,(H,25,27)/p+1/t16-,17+/m1/s1. The molecule has 1 heterocycles. The van der Waals surface area contributed by atoms with Crippen LogP contribution in [0.3, 0.4) is 0 Å². The highest BCUT2D eigenvalue weighted by atomic mass is 16.2. The molecular weight excluding hydrogens is 350 g/mol. The fourth-order valence-electron chi connectivity index (χ4n) is 3.73. The highest BCUT2D eigenvalue weighted by molar-refractivity contribution is 6.10. The van der Waals surface area contributed by atoms with Crippen molar-refractivity contribution in [2.24, 2.45) is 5.92 Å². The Hall–Kier alpha value is -2.66. The molecule has 2 aromatic carbocycles. The highest BCUT2D eigenvalue weighted by Gasteiger charge is 2.32. The summed E-state index contributed by atoms with van der Waals surface area (Å²) >= 11 is 0. The Kier molecular flexibility index (Phi) is 6.15. The molecular formula is C23H30N3O2+. The van der Waals surface area contributed by atoms with E-state index in [0.717, 1.165) is 12.1 Å². The molecule has 0 saturated heterocycles. The van der Waals surface area contributed by atoms with Gasteiger partial charge in [0.05, 0.1) is 11.4 Å². The van der Waals surface area contributed by atoms with E-state index in [9.17, 15) is 9.59 Å². The molecule has 0 saturated carbocycles. The molecule has 148 valence electrons. The molecule has 2 amide bonds. The Morgan fingerprint density at radius 1 is 1.07 bits per heavy atom. The molecule has 0 unspecified atom stereocenters. The number of hydrogen-bond donors (Lipinski definition) is 2. The lowest BCUT2D eigenvalue weighted by Crippen LogP contribution is -2.92. The third-order valence-corrected chi connectivity index (χ3v) is 5.15. The molecule has 0 aromatic heterocycles. The predicted octanol–water partition coefficient (Wildman–Crippen LogP) is 2.88. The van der Waals surface area contributed by atoms with Crippen molar-refractivity contribution in [3.05, 3.63) is 59.7 Å². The number of anilines is 2. The number of nitrogens with zero attached hydrogens (tertiary/aromatic N) is 1. The van der Waals surface area contributed by atoms with Crippen molar-refractivity contribution in [2.45, 2.75) is 46.2 Å². The second kappa shape index (κ2) is 8.57. The summed E-state index contributed by atoms with van der Waals surface area (Å²) < 4.78 is 0. The van der Waals surface area contributed by atoms with Gasteiger partial charge in [-0.15, -0.1) is 0 Å². The summed E-state index contributed by atoms with van der Waals surface area (Å²) in [6, 6.07) is 16.0. The summed E-state index contributed by atoms with van der Waals surface area (Å²) in [6.07, 6.45) is 1.07. The van der Waals surface area contributed by atoms with E-state index in [1.54, 1.807) is 4.90 Å².